The smallest absolute Gasteiger partial charge is 0.125 e. The van der Waals surface area contributed by atoms with Crippen molar-refractivity contribution in [2.45, 2.75) is 47.5 Å². The molecule has 1 saturated carbocycles. The van der Waals surface area contributed by atoms with E-state index < -0.39 is 0 Å². The van der Waals surface area contributed by atoms with Crippen LogP contribution in [0.3, 0.4) is 0 Å². The maximum absolute atomic E-state index is 6.97. The van der Waals surface area contributed by atoms with Gasteiger partial charge in [-0.25, -0.2) is 4.98 Å². The van der Waals surface area contributed by atoms with Gasteiger partial charge in [0.25, 0.3) is 0 Å². The summed E-state index contributed by atoms with van der Waals surface area (Å²) in [5.74, 6) is 2.38. The van der Waals surface area contributed by atoms with Gasteiger partial charge in [-0.2, -0.15) is 0 Å². The van der Waals surface area contributed by atoms with E-state index in [2.05, 4.69) is 86.6 Å². The second-order valence-corrected chi connectivity index (χ2v) is 9.93. The van der Waals surface area contributed by atoms with Crippen LogP contribution in [0.4, 0.5) is 11.5 Å². The summed E-state index contributed by atoms with van der Waals surface area (Å²) in [4.78, 5) is 4.64. The number of pyridine rings is 1. The lowest BCUT2D eigenvalue weighted by atomic mass is 9.87. The highest BCUT2D eigenvalue weighted by molar-refractivity contribution is 6.35. The molecule has 0 bridgehead atoms. The Bertz CT molecular complexity index is 972. The van der Waals surface area contributed by atoms with Crippen molar-refractivity contribution < 1.29 is 0 Å². The van der Waals surface area contributed by atoms with Crippen molar-refractivity contribution in [2.24, 2.45) is 11.8 Å². The Labute approximate surface area is 197 Å². The number of halogens is 1. The quantitative estimate of drug-likeness (QED) is 0.368. The maximum Gasteiger partial charge on any atom is 0.125 e. The monoisotopic (exact) mass is 447 g/mol. The minimum atomic E-state index is 0.616. The van der Waals surface area contributed by atoms with Crippen molar-refractivity contribution in [3.8, 4) is 22.3 Å². The Morgan fingerprint density at radius 3 is 2.12 bits per heavy atom. The lowest BCUT2D eigenvalue weighted by Gasteiger charge is -2.20. The predicted octanol–water partition coefficient (Wildman–Crippen LogP) is 7.88. The van der Waals surface area contributed by atoms with Crippen LogP contribution in [-0.2, 0) is 0 Å². The van der Waals surface area contributed by atoms with Crippen LogP contribution in [0.15, 0.2) is 42.6 Å². The van der Waals surface area contributed by atoms with Crippen LogP contribution in [0.2, 0.25) is 5.02 Å². The first-order valence-electron chi connectivity index (χ1n) is 11.7. The zero-order valence-electron chi connectivity index (χ0n) is 19.8. The molecule has 1 aliphatic rings. The fraction of sp³-hybridized carbons (Fsp3) is 0.393. The normalized spacial score (nSPS) is 13.5. The number of nitrogens with one attached hydrogen (secondary N) is 2. The number of hydrogen-bond donors (Lipinski definition) is 2. The highest BCUT2D eigenvalue weighted by atomic mass is 35.5. The molecule has 1 aliphatic carbocycles. The molecule has 0 atom stereocenters. The summed E-state index contributed by atoms with van der Waals surface area (Å²) in [5.41, 5.74) is 9.31. The van der Waals surface area contributed by atoms with Gasteiger partial charge in [0.1, 0.15) is 5.82 Å². The minimum absolute atomic E-state index is 0.616. The first kappa shape index (κ1) is 22.7. The van der Waals surface area contributed by atoms with E-state index in [1.54, 1.807) is 0 Å². The topological polar surface area (TPSA) is 37.0 Å². The van der Waals surface area contributed by atoms with Crippen LogP contribution < -0.4 is 10.6 Å². The van der Waals surface area contributed by atoms with Crippen LogP contribution in [-0.4, -0.2) is 18.1 Å². The lowest BCUT2D eigenvalue weighted by Crippen LogP contribution is -2.07. The van der Waals surface area contributed by atoms with Crippen LogP contribution in [0.5, 0.6) is 0 Å². The summed E-state index contributed by atoms with van der Waals surface area (Å²) in [7, 11) is 0. The van der Waals surface area contributed by atoms with Crippen LogP contribution >= 0.6 is 11.6 Å². The SMILES string of the molecule is Cc1c(C)c(-c2ccc(NCC3CC3)nc2)c(Cl)c(C)c1-c1ccc(NCC(C)C)cc1. The van der Waals surface area contributed by atoms with E-state index in [4.69, 9.17) is 11.6 Å². The highest BCUT2D eigenvalue weighted by Crippen LogP contribution is 2.42. The minimum Gasteiger partial charge on any atom is -0.385 e. The Kier molecular flexibility index (Phi) is 6.76. The summed E-state index contributed by atoms with van der Waals surface area (Å²) >= 11 is 6.97. The van der Waals surface area contributed by atoms with Crippen molar-refractivity contribution in [2.75, 3.05) is 23.7 Å². The zero-order chi connectivity index (χ0) is 22.8. The van der Waals surface area contributed by atoms with Gasteiger partial charge in [0.2, 0.25) is 0 Å². The third kappa shape index (κ3) is 4.94. The summed E-state index contributed by atoms with van der Waals surface area (Å²) in [6.07, 6.45) is 4.61. The van der Waals surface area contributed by atoms with Crippen molar-refractivity contribution in [1.29, 1.82) is 0 Å². The van der Waals surface area contributed by atoms with Crippen LogP contribution in [0, 0.1) is 32.6 Å². The largest absolute Gasteiger partial charge is 0.385 e. The Morgan fingerprint density at radius 1 is 0.875 bits per heavy atom. The molecule has 0 radical (unpaired) electrons. The second kappa shape index (κ2) is 9.54. The lowest BCUT2D eigenvalue weighted by molar-refractivity contribution is 0.689. The number of benzene rings is 2. The summed E-state index contributed by atoms with van der Waals surface area (Å²) in [6, 6.07) is 12.9. The van der Waals surface area contributed by atoms with Gasteiger partial charge in [-0.1, -0.05) is 37.6 Å². The molecule has 0 aliphatic heterocycles. The number of nitrogens with zero attached hydrogens (tertiary/aromatic N) is 1. The fourth-order valence-electron chi connectivity index (χ4n) is 4.19. The average molecular weight is 448 g/mol. The zero-order valence-corrected chi connectivity index (χ0v) is 20.6. The summed E-state index contributed by atoms with van der Waals surface area (Å²) in [5, 5.41) is 7.74. The van der Waals surface area contributed by atoms with E-state index in [9.17, 15) is 0 Å². The van der Waals surface area contributed by atoms with Gasteiger partial charge in [-0.3, -0.25) is 0 Å². The Hall–Kier alpha value is -2.52. The molecule has 1 heterocycles. The van der Waals surface area contributed by atoms with Crippen molar-refractivity contribution in [1.82, 2.24) is 4.98 Å². The number of rotatable bonds is 8. The molecular formula is C28H34ClN3. The average Bonchev–Trinajstić information content (AvgIpc) is 3.61. The van der Waals surface area contributed by atoms with E-state index in [1.165, 1.54) is 35.1 Å². The maximum atomic E-state index is 6.97. The molecule has 4 heteroatoms. The molecule has 0 spiro atoms. The van der Waals surface area contributed by atoms with E-state index in [-0.39, 0.29) is 0 Å². The van der Waals surface area contributed by atoms with E-state index >= 15 is 0 Å². The third-order valence-electron chi connectivity index (χ3n) is 6.45. The molecule has 3 nitrogen and oxygen atoms in total. The first-order valence-corrected chi connectivity index (χ1v) is 12.1. The molecule has 0 amide bonds. The number of hydrogen-bond acceptors (Lipinski definition) is 3. The third-order valence-corrected chi connectivity index (χ3v) is 6.92. The van der Waals surface area contributed by atoms with Gasteiger partial charge in [-0.15, -0.1) is 0 Å². The molecule has 1 fully saturated rings. The first-order chi connectivity index (χ1) is 15.3. The highest BCUT2D eigenvalue weighted by Gasteiger charge is 2.21. The second-order valence-electron chi connectivity index (χ2n) is 9.55. The molecule has 2 N–H and O–H groups in total. The fourth-order valence-corrected chi connectivity index (χ4v) is 4.53. The predicted molar refractivity (Wildman–Crippen MR) is 139 cm³/mol. The van der Waals surface area contributed by atoms with Crippen molar-refractivity contribution >= 4 is 23.1 Å². The summed E-state index contributed by atoms with van der Waals surface area (Å²) in [6.45, 7) is 12.9. The molecule has 1 aromatic heterocycles. The number of anilines is 2. The molecule has 4 rings (SSSR count). The van der Waals surface area contributed by atoms with Gasteiger partial charge >= 0.3 is 0 Å². The molecule has 32 heavy (non-hydrogen) atoms. The summed E-state index contributed by atoms with van der Waals surface area (Å²) < 4.78 is 0. The standard InChI is InChI=1S/C28H34ClN3/c1-17(2)14-30-24-11-8-22(9-12-24)26-18(3)19(4)27(28(29)20(26)5)23-10-13-25(32-16-23)31-15-21-6-7-21/h8-13,16-17,21,30H,6-7,14-15H2,1-5H3,(H,31,32). The molecule has 168 valence electrons. The van der Waals surface area contributed by atoms with Crippen LogP contribution in [0.1, 0.15) is 43.4 Å². The molecule has 0 saturated heterocycles. The number of aromatic nitrogens is 1. The molecule has 0 unspecified atom stereocenters. The van der Waals surface area contributed by atoms with Gasteiger partial charge < -0.3 is 10.6 Å². The van der Waals surface area contributed by atoms with Crippen molar-refractivity contribution in [3.05, 3.63) is 64.3 Å². The van der Waals surface area contributed by atoms with E-state index in [0.29, 0.717) is 5.92 Å². The van der Waals surface area contributed by atoms with Gasteiger partial charge in [0, 0.05) is 36.1 Å². The molecule has 2 aromatic carbocycles. The Morgan fingerprint density at radius 2 is 1.53 bits per heavy atom. The van der Waals surface area contributed by atoms with Gasteiger partial charge in [-0.05, 0) is 97.5 Å². The van der Waals surface area contributed by atoms with Crippen molar-refractivity contribution in [3.63, 3.8) is 0 Å². The van der Waals surface area contributed by atoms with E-state index in [0.717, 1.165) is 52.2 Å². The van der Waals surface area contributed by atoms with Gasteiger partial charge in [0.05, 0.1) is 5.02 Å². The van der Waals surface area contributed by atoms with Gasteiger partial charge in [0.15, 0.2) is 0 Å². The Balaban J connectivity index is 1.63. The molecular weight excluding hydrogens is 414 g/mol. The van der Waals surface area contributed by atoms with Crippen LogP contribution in [0.25, 0.3) is 22.3 Å². The molecule has 3 aromatic rings. The van der Waals surface area contributed by atoms with E-state index in [1.807, 2.05) is 6.20 Å².